The molecule has 2 aromatic carbocycles. The van der Waals surface area contributed by atoms with Crippen LogP contribution in [0.3, 0.4) is 0 Å². The quantitative estimate of drug-likeness (QED) is 0.540. The van der Waals surface area contributed by atoms with Crippen LogP contribution in [0.15, 0.2) is 30.3 Å². The van der Waals surface area contributed by atoms with Crippen molar-refractivity contribution in [1.29, 1.82) is 0 Å². The SMILES string of the molecule is CC[C@@H](N[C@H](C)CC(N)=O)c1ccc(Cl)c(Oc2ccc(N)c(OC)c2)c1F. The zero-order valence-electron chi connectivity index (χ0n) is 16.1. The van der Waals surface area contributed by atoms with Gasteiger partial charge in [-0.05, 0) is 31.5 Å². The van der Waals surface area contributed by atoms with E-state index in [-0.39, 0.29) is 29.3 Å². The number of carbonyl (C=O) groups excluding carboxylic acids is 1. The molecule has 1 amide bonds. The Labute approximate surface area is 168 Å². The number of nitrogens with two attached hydrogens (primary N) is 2. The van der Waals surface area contributed by atoms with Gasteiger partial charge in [0.15, 0.2) is 11.6 Å². The van der Waals surface area contributed by atoms with Gasteiger partial charge in [-0.25, -0.2) is 4.39 Å². The summed E-state index contributed by atoms with van der Waals surface area (Å²) < 4.78 is 26.1. The standard InChI is InChI=1S/C20H25ClFN3O3/c1-4-16(25-11(2)9-18(24)26)13-6-7-14(21)20(19(13)22)28-12-5-8-15(23)17(10-12)27-3/h5-8,10-11,16,25H,4,9,23H2,1-3H3,(H2,24,26)/t11-,16-/m1/s1. The largest absolute Gasteiger partial charge is 0.494 e. The highest BCUT2D eigenvalue weighted by Crippen LogP contribution is 2.38. The number of ether oxygens (including phenoxy) is 2. The van der Waals surface area contributed by atoms with E-state index in [0.29, 0.717) is 29.2 Å². The third kappa shape index (κ3) is 5.27. The Morgan fingerprint density at radius 3 is 2.64 bits per heavy atom. The van der Waals surface area contributed by atoms with Crippen molar-refractivity contribution in [3.63, 3.8) is 0 Å². The molecule has 0 aliphatic carbocycles. The van der Waals surface area contributed by atoms with Crippen molar-refractivity contribution in [3.8, 4) is 17.2 Å². The Bertz CT molecular complexity index is 848. The highest BCUT2D eigenvalue weighted by molar-refractivity contribution is 6.32. The van der Waals surface area contributed by atoms with Gasteiger partial charge < -0.3 is 26.3 Å². The third-order valence-electron chi connectivity index (χ3n) is 4.28. The van der Waals surface area contributed by atoms with E-state index in [0.717, 1.165) is 0 Å². The maximum absolute atomic E-state index is 15.2. The lowest BCUT2D eigenvalue weighted by molar-refractivity contribution is -0.118. The highest BCUT2D eigenvalue weighted by atomic mass is 35.5. The van der Waals surface area contributed by atoms with Gasteiger partial charge in [0.2, 0.25) is 5.91 Å². The number of halogens is 2. The first kappa shape index (κ1) is 21.8. The number of benzene rings is 2. The topological polar surface area (TPSA) is 99.6 Å². The van der Waals surface area contributed by atoms with Crippen LogP contribution < -0.4 is 26.3 Å². The van der Waals surface area contributed by atoms with Crippen molar-refractivity contribution in [2.75, 3.05) is 12.8 Å². The van der Waals surface area contributed by atoms with Gasteiger partial charge in [-0.2, -0.15) is 0 Å². The van der Waals surface area contributed by atoms with E-state index >= 15 is 4.39 Å². The fraction of sp³-hybridized carbons (Fsp3) is 0.350. The van der Waals surface area contributed by atoms with Gasteiger partial charge in [0.1, 0.15) is 11.5 Å². The summed E-state index contributed by atoms with van der Waals surface area (Å²) >= 11 is 6.18. The number of hydrogen-bond donors (Lipinski definition) is 3. The molecule has 2 atom stereocenters. The normalized spacial score (nSPS) is 13.0. The molecule has 0 heterocycles. The number of nitrogens with one attached hydrogen (secondary N) is 1. The maximum Gasteiger partial charge on any atom is 0.218 e. The number of nitrogen functional groups attached to an aromatic ring is 1. The summed E-state index contributed by atoms with van der Waals surface area (Å²) in [5.41, 5.74) is 11.9. The van der Waals surface area contributed by atoms with Crippen LogP contribution >= 0.6 is 11.6 Å². The molecular formula is C20H25ClFN3O3. The molecule has 152 valence electrons. The van der Waals surface area contributed by atoms with Crippen molar-refractivity contribution in [2.24, 2.45) is 5.73 Å². The third-order valence-corrected chi connectivity index (χ3v) is 4.58. The number of rotatable bonds is 9. The van der Waals surface area contributed by atoms with Gasteiger partial charge in [0.25, 0.3) is 0 Å². The summed E-state index contributed by atoms with van der Waals surface area (Å²) in [6.07, 6.45) is 0.747. The lowest BCUT2D eigenvalue weighted by atomic mass is 10.0. The van der Waals surface area contributed by atoms with Crippen LogP contribution in [0.2, 0.25) is 5.02 Å². The molecule has 0 bridgehead atoms. The first-order chi connectivity index (χ1) is 13.3. The lowest BCUT2D eigenvalue weighted by Crippen LogP contribution is -2.34. The minimum Gasteiger partial charge on any atom is -0.494 e. The summed E-state index contributed by atoms with van der Waals surface area (Å²) in [5, 5.41) is 3.35. The molecular weight excluding hydrogens is 385 g/mol. The van der Waals surface area contributed by atoms with Gasteiger partial charge in [0.05, 0.1) is 17.8 Å². The molecule has 8 heteroatoms. The second-order valence-corrected chi connectivity index (χ2v) is 6.89. The van der Waals surface area contributed by atoms with Crippen molar-refractivity contribution in [2.45, 2.75) is 38.8 Å². The van der Waals surface area contributed by atoms with Crippen molar-refractivity contribution in [1.82, 2.24) is 5.32 Å². The Kier molecular flexibility index (Phi) is 7.48. The van der Waals surface area contributed by atoms with Gasteiger partial charge in [-0.3, -0.25) is 4.79 Å². The van der Waals surface area contributed by atoms with Gasteiger partial charge in [0, 0.05) is 30.1 Å². The fourth-order valence-electron chi connectivity index (χ4n) is 2.91. The first-order valence-corrected chi connectivity index (χ1v) is 9.28. The fourth-order valence-corrected chi connectivity index (χ4v) is 3.10. The van der Waals surface area contributed by atoms with Gasteiger partial charge in [-0.15, -0.1) is 0 Å². The summed E-state index contributed by atoms with van der Waals surface area (Å²) in [6.45, 7) is 3.73. The maximum atomic E-state index is 15.2. The van der Waals surface area contributed by atoms with Crippen LogP contribution in [0.1, 0.15) is 38.3 Å². The zero-order chi connectivity index (χ0) is 20.8. The molecule has 0 aromatic heterocycles. The number of carbonyl (C=O) groups is 1. The molecule has 2 rings (SSSR count). The second-order valence-electron chi connectivity index (χ2n) is 6.48. The average Bonchev–Trinajstić information content (AvgIpc) is 2.64. The van der Waals surface area contributed by atoms with E-state index in [1.165, 1.54) is 7.11 Å². The lowest BCUT2D eigenvalue weighted by Gasteiger charge is -2.23. The van der Waals surface area contributed by atoms with E-state index in [2.05, 4.69) is 5.32 Å². The van der Waals surface area contributed by atoms with E-state index in [4.69, 9.17) is 32.5 Å². The molecule has 0 unspecified atom stereocenters. The van der Waals surface area contributed by atoms with Crippen molar-refractivity contribution < 1.29 is 18.7 Å². The number of amides is 1. The first-order valence-electron chi connectivity index (χ1n) is 8.90. The Balaban J connectivity index is 2.33. The molecule has 0 fully saturated rings. The summed E-state index contributed by atoms with van der Waals surface area (Å²) in [6, 6.07) is 7.40. The van der Waals surface area contributed by atoms with Crippen LogP contribution in [0.5, 0.6) is 17.2 Å². The molecule has 0 aliphatic heterocycles. The monoisotopic (exact) mass is 409 g/mol. The Morgan fingerprint density at radius 2 is 2.04 bits per heavy atom. The average molecular weight is 410 g/mol. The highest BCUT2D eigenvalue weighted by Gasteiger charge is 2.22. The summed E-state index contributed by atoms with van der Waals surface area (Å²) in [7, 11) is 1.48. The smallest absolute Gasteiger partial charge is 0.218 e. The van der Waals surface area contributed by atoms with Gasteiger partial charge >= 0.3 is 0 Å². The molecule has 6 nitrogen and oxygen atoms in total. The molecule has 5 N–H and O–H groups in total. The number of methoxy groups -OCH3 is 1. The van der Waals surface area contributed by atoms with E-state index < -0.39 is 11.7 Å². The molecule has 0 aliphatic rings. The van der Waals surface area contributed by atoms with Crippen LogP contribution in [0.25, 0.3) is 0 Å². The second kappa shape index (κ2) is 9.61. The van der Waals surface area contributed by atoms with E-state index in [1.807, 2.05) is 13.8 Å². The van der Waals surface area contributed by atoms with Crippen molar-refractivity contribution in [3.05, 3.63) is 46.7 Å². The molecule has 0 radical (unpaired) electrons. The minimum atomic E-state index is -0.575. The number of primary amides is 1. The number of hydrogen-bond acceptors (Lipinski definition) is 5. The molecule has 2 aromatic rings. The van der Waals surface area contributed by atoms with Crippen molar-refractivity contribution >= 4 is 23.2 Å². The van der Waals surface area contributed by atoms with E-state index in [9.17, 15) is 4.79 Å². The Morgan fingerprint density at radius 1 is 1.32 bits per heavy atom. The van der Waals surface area contributed by atoms with E-state index in [1.54, 1.807) is 30.3 Å². The molecule has 0 saturated carbocycles. The predicted octanol–water partition coefficient (Wildman–Crippen LogP) is 4.17. The van der Waals surface area contributed by atoms with Crippen LogP contribution in [-0.4, -0.2) is 19.1 Å². The summed E-state index contributed by atoms with van der Waals surface area (Å²) in [5.74, 6) is -0.332. The van der Waals surface area contributed by atoms with Gasteiger partial charge in [-0.1, -0.05) is 24.6 Å². The molecule has 0 saturated heterocycles. The van der Waals surface area contributed by atoms with Crippen LogP contribution in [0, 0.1) is 5.82 Å². The summed E-state index contributed by atoms with van der Waals surface area (Å²) in [4.78, 5) is 11.1. The Hall–Kier alpha value is -2.51. The van der Waals surface area contributed by atoms with Crippen LogP contribution in [0.4, 0.5) is 10.1 Å². The molecule has 28 heavy (non-hydrogen) atoms. The van der Waals surface area contributed by atoms with Crippen LogP contribution in [-0.2, 0) is 4.79 Å². The minimum absolute atomic E-state index is 0.0891. The number of anilines is 1. The zero-order valence-corrected chi connectivity index (χ0v) is 16.8. The predicted molar refractivity (Wildman–Crippen MR) is 108 cm³/mol. The molecule has 0 spiro atoms.